The van der Waals surface area contributed by atoms with Gasteiger partial charge in [-0.25, -0.2) is 0 Å². The highest BCUT2D eigenvalue weighted by Crippen LogP contribution is 2.32. The molecule has 0 aliphatic heterocycles. The Bertz CT molecular complexity index is 394. The van der Waals surface area contributed by atoms with Crippen LogP contribution in [-0.2, 0) is 0 Å². The number of carbonyl (C=O) groups excluding carboxylic acids is 1. The molecule has 1 aromatic rings. The largest absolute Gasteiger partial charge is 0.393 e. The summed E-state index contributed by atoms with van der Waals surface area (Å²) in [6.07, 6.45) is 6.86. The van der Waals surface area contributed by atoms with Gasteiger partial charge in [0.25, 0.3) is 5.91 Å². The van der Waals surface area contributed by atoms with Crippen LogP contribution in [0.15, 0.2) is 18.3 Å². The summed E-state index contributed by atoms with van der Waals surface area (Å²) < 4.78 is 2.09. The Hall–Kier alpha value is -1.29. The number of aliphatic hydroxyl groups is 1. The molecule has 18 heavy (non-hydrogen) atoms. The van der Waals surface area contributed by atoms with Crippen LogP contribution in [0.3, 0.4) is 0 Å². The third-order valence-corrected chi connectivity index (χ3v) is 3.56. The van der Waals surface area contributed by atoms with Gasteiger partial charge in [-0.05, 0) is 51.2 Å². The first kappa shape index (κ1) is 13.1. The maximum atomic E-state index is 12.0. The number of carbonyl (C=O) groups is 1. The molecule has 0 aromatic carbocycles. The van der Waals surface area contributed by atoms with Crippen molar-refractivity contribution < 1.29 is 9.90 Å². The van der Waals surface area contributed by atoms with E-state index in [1.165, 1.54) is 19.3 Å². The molecule has 0 spiro atoms. The molecule has 0 bridgehead atoms. The summed E-state index contributed by atoms with van der Waals surface area (Å²) in [6.45, 7) is 2.39. The molecule has 4 heteroatoms. The number of nitrogens with zero attached hydrogens (tertiary/aromatic N) is 1. The normalized spacial score (nSPS) is 17.2. The SMILES string of the molecule is CC(O)CCCNC(=O)c1cccn1C1CCC1. The average Bonchev–Trinajstić information content (AvgIpc) is 2.70. The van der Waals surface area contributed by atoms with Gasteiger partial charge in [-0.3, -0.25) is 4.79 Å². The molecule has 2 rings (SSSR count). The van der Waals surface area contributed by atoms with Crippen molar-refractivity contribution in [1.82, 2.24) is 9.88 Å². The van der Waals surface area contributed by atoms with E-state index in [-0.39, 0.29) is 12.0 Å². The molecule has 1 amide bonds. The highest BCUT2D eigenvalue weighted by Gasteiger charge is 2.22. The molecule has 1 aromatic heterocycles. The lowest BCUT2D eigenvalue weighted by Crippen LogP contribution is -2.29. The van der Waals surface area contributed by atoms with Crippen molar-refractivity contribution >= 4 is 5.91 Å². The van der Waals surface area contributed by atoms with Crippen LogP contribution in [0.25, 0.3) is 0 Å². The van der Waals surface area contributed by atoms with Crippen LogP contribution in [0.4, 0.5) is 0 Å². The molecule has 0 saturated heterocycles. The van der Waals surface area contributed by atoms with Crippen LogP contribution in [0, 0.1) is 0 Å². The molecule has 4 nitrogen and oxygen atoms in total. The second-order valence-electron chi connectivity index (χ2n) is 5.13. The van der Waals surface area contributed by atoms with Gasteiger partial charge in [-0.1, -0.05) is 0 Å². The smallest absolute Gasteiger partial charge is 0.267 e. The quantitative estimate of drug-likeness (QED) is 0.760. The molecule has 0 radical (unpaired) electrons. The van der Waals surface area contributed by atoms with Crippen LogP contribution in [0.1, 0.15) is 55.6 Å². The highest BCUT2D eigenvalue weighted by atomic mass is 16.3. The fourth-order valence-electron chi connectivity index (χ4n) is 2.26. The Morgan fingerprint density at radius 1 is 1.61 bits per heavy atom. The van der Waals surface area contributed by atoms with Crippen molar-refractivity contribution in [3.8, 4) is 0 Å². The van der Waals surface area contributed by atoms with Crippen molar-refractivity contribution in [2.45, 2.75) is 51.2 Å². The minimum Gasteiger partial charge on any atom is -0.393 e. The van der Waals surface area contributed by atoms with E-state index in [0.717, 1.165) is 18.5 Å². The van der Waals surface area contributed by atoms with Gasteiger partial charge in [-0.15, -0.1) is 0 Å². The topological polar surface area (TPSA) is 54.3 Å². The number of amides is 1. The lowest BCUT2D eigenvalue weighted by atomic mass is 9.93. The van der Waals surface area contributed by atoms with E-state index >= 15 is 0 Å². The van der Waals surface area contributed by atoms with Gasteiger partial charge >= 0.3 is 0 Å². The second-order valence-corrected chi connectivity index (χ2v) is 5.13. The predicted octanol–water partition coefficient (Wildman–Crippen LogP) is 2.10. The Kier molecular flexibility index (Phi) is 4.42. The van der Waals surface area contributed by atoms with Gasteiger partial charge in [0.15, 0.2) is 0 Å². The second kappa shape index (κ2) is 6.05. The van der Waals surface area contributed by atoms with Crippen LogP contribution in [0.5, 0.6) is 0 Å². The summed E-state index contributed by atoms with van der Waals surface area (Å²) in [4.78, 5) is 12.0. The first-order chi connectivity index (χ1) is 8.68. The zero-order valence-electron chi connectivity index (χ0n) is 10.9. The minimum absolute atomic E-state index is 0.00232. The summed E-state index contributed by atoms with van der Waals surface area (Å²) in [7, 11) is 0. The minimum atomic E-state index is -0.291. The van der Waals surface area contributed by atoms with Crippen molar-refractivity contribution in [3.05, 3.63) is 24.0 Å². The number of aliphatic hydroxyl groups excluding tert-OH is 1. The van der Waals surface area contributed by atoms with Crippen molar-refractivity contribution in [3.63, 3.8) is 0 Å². The van der Waals surface area contributed by atoms with Crippen molar-refractivity contribution in [2.75, 3.05) is 6.54 Å². The fourth-order valence-corrected chi connectivity index (χ4v) is 2.26. The molecular weight excluding hydrogens is 228 g/mol. The van der Waals surface area contributed by atoms with E-state index in [0.29, 0.717) is 12.6 Å². The molecular formula is C14H22N2O2. The molecule has 1 fully saturated rings. The Labute approximate surface area is 108 Å². The molecule has 100 valence electrons. The van der Waals surface area contributed by atoms with Crippen LogP contribution in [-0.4, -0.2) is 28.2 Å². The molecule has 1 unspecified atom stereocenters. The molecule has 1 aliphatic carbocycles. The van der Waals surface area contributed by atoms with E-state index < -0.39 is 0 Å². The van der Waals surface area contributed by atoms with E-state index in [9.17, 15) is 4.79 Å². The third kappa shape index (κ3) is 3.13. The monoisotopic (exact) mass is 250 g/mol. The number of hydrogen-bond donors (Lipinski definition) is 2. The molecule has 1 saturated carbocycles. The Morgan fingerprint density at radius 2 is 2.39 bits per heavy atom. The molecule has 2 N–H and O–H groups in total. The third-order valence-electron chi connectivity index (χ3n) is 3.56. The van der Waals surface area contributed by atoms with E-state index in [1.54, 1.807) is 6.92 Å². The Balaban J connectivity index is 1.83. The lowest BCUT2D eigenvalue weighted by Gasteiger charge is -2.28. The number of hydrogen-bond acceptors (Lipinski definition) is 2. The van der Waals surface area contributed by atoms with E-state index in [1.807, 2.05) is 18.3 Å². The van der Waals surface area contributed by atoms with E-state index in [2.05, 4.69) is 9.88 Å². The summed E-state index contributed by atoms with van der Waals surface area (Å²) in [6, 6.07) is 4.32. The summed E-state index contributed by atoms with van der Waals surface area (Å²) >= 11 is 0. The zero-order valence-corrected chi connectivity index (χ0v) is 10.9. The van der Waals surface area contributed by atoms with Gasteiger partial charge in [0.2, 0.25) is 0 Å². The summed E-state index contributed by atoms with van der Waals surface area (Å²) in [5.74, 6) is -0.00232. The van der Waals surface area contributed by atoms with Gasteiger partial charge in [0, 0.05) is 18.8 Å². The summed E-state index contributed by atoms with van der Waals surface area (Å²) in [5.41, 5.74) is 0.761. The lowest BCUT2D eigenvalue weighted by molar-refractivity contribution is 0.0934. The number of nitrogens with one attached hydrogen (secondary N) is 1. The van der Waals surface area contributed by atoms with Gasteiger partial charge < -0.3 is 15.0 Å². The van der Waals surface area contributed by atoms with E-state index in [4.69, 9.17) is 5.11 Å². The standard InChI is InChI=1S/C14H22N2O2/c1-11(17)5-3-9-15-14(18)13-8-4-10-16(13)12-6-2-7-12/h4,8,10-12,17H,2-3,5-7,9H2,1H3,(H,15,18). The molecule has 1 heterocycles. The molecule has 1 atom stereocenters. The Morgan fingerprint density at radius 3 is 3.00 bits per heavy atom. The molecule has 1 aliphatic rings. The van der Waals surface area contributed by atoms with Crippen LogP contribution < -0.4 is 5.32 Å². The van der Waals surface area contributed by atoms with Crippen molar-refractivity contribution in [2.24, 2.45) is 0 Å². The van der Waals surface area contributed by atoms with Crippen molar-refractivity contribution in [1.29, 1.82) is 0 Å². The maximum absolute atomic E-state index is 12.0. The first-order valence-corrected chi connectivity index (χ1v) is 6.81. The zero-order chi connectivity index (χ0) is 13.0. The predicted molar refractivity (Wildman–Crippen MR) is 70.6 cm³/mol. The van der Waals surface area contributed by atoms with Crippen LogP contribution >= 0.6 is 0 Å². The number of rotatable bonds is 6. The number of aromatic nitrogens is 1. The van der Waals surface area contributed by atoms with Gasteiger partial charge in [0.05, 0.1) is 6.10 Å². The van der Waals surface area contributed by atoms with Crippen LogP contribution in [0.2, 0.25) is 0 Å². The first-order valence-electron chi connectivity index (χ1n) is 6.81. The van der Waals surface area contributed by atoms with Gasteiger partial charge in [0.1, 0.15) is 5.69 Å². The highest BCUT2D eigenvalue weighted by molar-refractivity contribution is 5.92. The maximum Gasteiger partial charge on any atom is 0.267 e. The fraction of sp³-hybridized carbons (Fsp3) is 0.643. The summed E-state index contributed by atoms with van der Waals surface area (Å²) in [5, 5.41) is 12.1. The van der Waals surface area contributed by atoms with Gasteiger partial charge in [-0.2, -0.15) is 0 Å². The average molecular weight is 250 g/mol.